The van der Waals surface area contributed by atoms with Crippen LogP contribution >= 0.6 is 0 Å². The van der Waals surface area contributed by atoms with E-state index in [-0.39, 0.29) is 18.2 Å². The molecule has 2 unspecified atom stereocenters. The van der Waals surface area contributed by atoms with Crippen LogP contribution in [0.25, 0.3) is 0 Å². The molecule has 1 saturated heterocycles. The van der Waals surface area contributed by atoms with E-state index in [9.17, 15) is 9.90 Å². The lowest BCUT2D eigenvalue weighted by Gasteiger charge is -2.34. The molecule has 0 aliphatic carbocycles. The van der Waals surface area contributed by atoms with Crippen molar-refractivity contribution in [2.75, 3.05) is 13.1 Å². The average Bonchev–Trinajstić information content (AvgIpc) is 2.36. The van der Waals surface area contributed by atoms with E-state index in [1.165, 1.54) is 0 Å². The van der Waals surface area contributed by atoms with Crippen molar-refractivity contribution in [3.63, 3.8) is 0 Å². The molecule has 0 radical (unpaired) electrons. The zero-order valence-corrected chi connectivity index (χ0v) is 12.9. The Bertz CT molecular complexity index is 271. The molecule has 0 aromatic heterocycles. The zero-order chi connectivity index (χ0) is 14.4. The van der Waals surface area contributed by atoms with Crippen LogP contribution in [0.4, 0.5) is 4.79 Å². The molecule has 2 N–H and O–H groups in total. The fourth-order valence-corrected chi connectivity index (χ4v) is 2.54. The second-order valence-electron chi connectivity index (χ2n) is 6.39. The van der Waals surface area contributed by atoms with E-state index in [0.29, 0.717) is 11.8 Å². The fraction of sp³-hybridized carbons (Fsp3) is 0.933. The van der Waals surface area contributed by atoms with Crippen molar-refractivity contribution in [2.45, 2.75) is 65.5 Å². The molecule has 19 heavy (non-hydrogen) atoms. The van der Waals surface area contributed by atoms with Crippen molar-refractivity contribution < 1.29 is 9.90 Å². The summed E-state index contributed by atoms with van der Waals surface area (Å²) in [6.07, 6.45) is 3.74. The molecule has 0 aromatic rings. The van der Waals surface area contributed by atoms with Gasteiger partial charge in [0.1, 0.15) is 0 Å². The molecule has 1 heterocycles. The van der Waals surface area contributed by atoms with Gasteiger partial charge in [-0.1, -0.05) is 13.8 Å². The molecule has 2 amide bonds. The van der Waals surface area contributed by atoms with Crippen molar-refractivity contribution in [2.24, 2.45) is 11.8 Å². The molecular weight excluding hydrogens is 240 g/mol. The fourth-order valence-electron chi connectivity index (χ4n) is 2.54. The maximum atomic E-state index is 12.1. The Kier molecular flexibility index (Phi) is 6.63. The second-order valence-corrected chi connectivity index (χ2v) is 6.39. The Labute approximate surface area is 117 Å². The van der Waals surface area contributed by atoms with Crippen LogP contribution in [-0.4, -0.2) is 41.3 Å². The Balaban J connectivity index is 2.27. The Hall–Kier alpha value is -0.770. The molecule has 4 heteroatoms. The monoisotopic (exact) mass is 270 g/mol. The van der Waals surface area contributed by atoms with Crippen molar-refractivity contribution in [1.29, 1.82) is 0 Å². The summed E-state index contributed by atoms with van der Waals surface area (Å²) in [5, 5.41) is 12.6. The number of carbonyl (C=O) groups excluding carboxylic acids is 1. The Morgan fingerprint density at radius 3 is 2.26 bits per heavy atom. The minimum Gasteiger partial charge on any atom is -0.393 e. The molecule has 0 aromatic carbocycles. The summed E-state index contributed by atoms with van der Waals surface area (Å²) in [6, 6.07) is 0.296. The number of nitrogens with one attached hydrogen (secondary N) is 1. The molecule has 1 aliphatic heterocycles. The van der Waals surface area contributed by atoms with Crippen LogP contribution in [0, 0.1) is 11.8 Å². The average molecular weight is 270 g/mol. The summed E-state index contributed by atoms with van der Waals surface area (Å²) in [7, 11) is 0. The highest BCUT2D eigenvalue weighted by atomic mass is 16.3. The zero-order valence-electron chi connectivity index (χ0n) is 12.9. The van der Waals surface area contributed by atoms with E-state index in [1.807, 2.05) is 11.8 Å². The van der Waals surface area contributed by atoms with Crippen LogP contribution < -0.4 is 5.32 Å². The van der Waals surface area contributed by atoms with Gasteiger partial charge in [-0.2, -0.15) is 0 Å². The maximum Gasteiger partial charge on any atom is 0.317 e. The third kappa shape index (κ3) is 5.81. The van der Waals surface area contributed by atoms with Gasteiger partial charge in [-0.05, 0) is 51.4 Å². The summed E-state index contributed by atoms with van der Waals surface area (Å²) in [5.74, 6) is 1.03. The molecular formula is C15H30N2O2. The number of carbonyl (C=O) groups is 1. The summed E-state index contributed by atoms with van der Waals surface area (Å²) in [6.45, 7) is 9.85. The highest BCUT2D eigenvalue weighted by Gasteiger charge is 2.25. The van der Waals surface area contributed by atoms with Crippen LogP contribution in [0.1, 0.15) is 53.4 Å². The van der Waals surface area contributed by atoms with Gasteiger partial charge < -0.3 is 15.3 Å². The molecule has 1 aliphatic rings. The van der Waals surface area contributed by atoms with Gasteiger partial charge in [0.05, 0.1) is 6.10 Å². The van der Waals surface area contributed by atoms with Gasteiger partial charge in [0.25, 0.3) is 0 Å². The van der Waals surface area contributed by atoms with Crippen LogP contribution in [0.3, 0.4) is 0 Å². The first kappa shape index (κ1) is 16.3. The number of hydrogen-bond donors (Lipinski definition) is 2. The van der Waals surface area contributed by atoms with Gasteiger partial charge in [-0.25, -0.2) is 4.79 Å². The van der Waals surface area contributed by atoms with Crippen LogP contribution in [0.15, 0.2) is 0 Å². The smallest absolute Gasteiger partial charge is 0.317 e. The van der Waals surface area contributed by atoms with Crippen LogP contribution in [-0.2, 0) is 0 Å². The first-order valence-corrected chi connectivity index (χ1v) is 7.63. The first-order valence-electron chi connectivity index (χ1n) is 7.63. The maximum absolute atomic E-state index is 12.1. The molecule has 2 atom stereocenters. The standard InChI is InChI=1S/C15H30N2O2/c1-11(2)5-6-12(3)16-15(19)17-9-7-14(8-10-17)13(4)18/h11-14,18H,5-10H2,1-4H3,(H,16,19). The Morgan fingerprint density at radius 1 is 1.21 bits per heavy atom. The van der Waals surface area contributed by atoms with Crippen molar-refractivity contribution in [3.05, 3.63) is 0 Å². The lowest BCUT2D eigenvalue weighted by molar-refractivity contribution is 0.0793. The molecule has 1 rings (SSSR count). The highest BCUT2D eigenvalue weighted by molar-refractivity contribution is 5.74. The number of amides is 2. The van der Waals surface area contributed by atoms with Gasteiger partial charge in [0.15, 0.2) is 0 Å². The lowest BCUT2D eigenvalue weighted by atomic mass is 9.92. The molecule has 4 nitrogen and oxygen atoms in total. The van der Waals surface area contributed by atoms with Crippen LogP contribution in [0.5, 0.6) is 0 Å². The molecule has 0 spiro atoms. The predicted octanol–water partition coefficient (Wildman–Crippen LogP) is 2.61. The van der Waals surface area contributed by atoms with Crippen LogP contribution in [0.2, 0.25) is 0 Å². The van der Waals surface area contributed by atoms with E-state index < -0.39 is 0 Å². The highest BCUT2D eigenvalue weighted by Crippen LogP contribution is 2.20. The van der Waals surface area contributed by atoms with Gasteiger partial charge in [0, 0.05) is 19.1 Å². The summed E-state index contributed by atoms with van der Waals surface area (Å²) in [4.78, 5) is 14.0. The number of likely N-dealkylation sites (tertiary alicyclic amines) is 1. The van der Waals surface area contributed by atoms with Gasteiger partial charge in [0.2, 0.25) is 0 Å². The van der Waals surface area contributed by atoms with E-state index in [0.717, 1.165) is 38.8 Å². The second kappa shape index (κ2) is 7.73. The number of rotatable bonds is 5. The topological polar surface area (TPSA) is 52.6 Å². The quantitative estimate of drug-likeness (QED) is 0.807. The van der Waals surface area contributed by atoms with Crippen molar-refractivity contribution >= 4 is 6.03 Å². The van der Waals surface area contributed by atoms with E-state index in [1.54, 1.807) is 0 Å². The lowest BCUT2D eigenvalue weighted by Crippen LogP contribution is -2.48. The van der Waals surface area contributed by atoms with Gasteiger partial charge in [-0.15, -0.1) is 0 Å². The number of aliphatic hydroxyl groups is 1. The number of hydrogen-bond acceptors (Lipinski definition) is 2. The van der Waals surface area contributed by atoms with Crippen molar-refractivity contribution in [3.8, 4) is 0 Å². The Morgan fingerprint density at radius 2 is 1.79 bits per heavy atom. The summed E-state index contributed by atoms with van der Waals surface area (Å²) < 4.78 is 0. The third-order valence-electron chi connectivity index (χ3n) is 4.06. The third-order valence-corrected chi connectivity index (χ3v) is 4.06. The number of urea groups is 1. The molecule has 112 valence electrons. The predicted molar refractivity (Wildman–Crippen MR) is 78.0 cm³/mol. The van der Waals surface area contributed by atoms with Gasteiger partial charge in [-0.3, -0.25) is 0 Å². The van der Waals surface area contributed by atoms with E-state index >= 15 is 0 Å². The SMILES string of the molecule is CC(C)CCC(C)NC(=O)N1CCC(C(C)O)CC1. The molecule has 1 fully saturated rings. The van der Waals surface area contributed by atoms with Gasteiger partial charge >= 0.3 is 6.03 Å². The summed E-state index contributed by atoms with van der Waals surface area (Å²) in [5.41, 5.74) is 0. The first-order chi connectivity index (χ1) is 8.90. The minimum atomic E-state index is -0.254. The largest absolute Gasteiger partial charge is 0.393 e. The molecule has 0 bridgehead atoms. The van der Waals surface area contributed by atoms with E-state index in [2.05, 4.69) is 26.1 Å². The number of nitrogens with zero attached hydrogens (tertiary/aromatic N) is 1. The van der Waals surface area contributed by atoms with E-state index in [4.69, 9.17) is 0 Å². The number of aliphatic hydroxyl groups excluding tert-OH is 1. The molecule has 0 saturated carbocycles. The minimum absolute atomic E-state index is 0.0558. The normalized spacial score (nSPS) is 20.4. The number of piperidine rings is 1. The summed E-state index contributed by atoms with van der Waals surface area (Å²) >= 11 is 0. The van der Waals surface area contributed by atoms with Crippen molar-refractivity contribution in [1.82, 2.24) is 10.2 Å².